The van der Waals surface area contributed by atoms with Crippen molar-refractivity contribution in [3.63, 3.8) is 0 Å². The Bertz CT molecular complexity index is 1570. The third-order valence-electron chi connectivity index (χ3n) is 18.0. The summed E-state index contributed by atoms with van der Waals surface area (Å²) in [5.74, 6) is 4.39. The van der Waals surface area contributed by atoms with Crippen LogP contribution in [0.25, 0.3) is 0 Å². The molecule has 0 aromatic carbocycles. The molecule has 0 aromatic heterocycles. The number of hydrogen-bond donors (Lipinski definition) is 8. The van der Waals surface area contributed by atoms with E-state index in [9.17, 15) is 40.9 Å². The summed E-state index contributed by atoms with van der Waals surface area (Å²) in [5.41, 5.74) is 1.89. The Morgan fingerprint density at radius 3 is 2.07 bits per heavy atom. The predicted octanol–water partition coefficient (Wildman–Crippen LogP) is 1.18. The van der Waals surface area contributed by atoms with E-state index in [1.165, 1.54) is 58.1 Å². The number of aliphatic hydroxyl groups excluding tert-OH is 8. The Hall–Kier alpha value is -0.860. The van der Waals surface area contributed by atoms with E-state index >= 15 is 0 Å². The van der Waals surface area contributed by atoms with Crippen molar-refractivity contribution in [1.29, 1.82) is 0 Å². The Morgan fingerprint density at radius 1 is 0.683 bits per heavy atom. The van der Waals surface area contributed by atoms with E-state index in [-0.39, 0.29) is 11.5 Å². The fraction of sp³-hybridized carbons (Fsp3) is 0.956. The highest BCUT2D eigenvalue weighted by atomic mass is 16.8. The molecule has 26 unspecified atom stereocenters. The van der Waals surface area contributed by atoms with Crippen LogP contribution in [0.2, 0.25) is 0 Å². The molecule has 0 spiro atoms. The molecule has 0 amide bonds. The highest BCUT2D eigenvalue weighted by Crippen LogP contribution is 2.70. The molecule has 26 atom stereocenters. The first-order valence-electron chi connectivity index (χ1n) is 23.2. The maximum Gasteiger partial charge on any atom is 0.187 e. The standard InChI is InChI=1S/C45H73NO14/c1-19-7-10-28-20(2)31-29(46(28)17-19)16-27-25-9-8-23-15-24(11-13-44(23,5)26(25)12-14-45(27,31)6)57-42-38(54)36(52)39(30(18-47)58-42)59-43-40(35(51)33(49)22(4)56-43)60-41-37(53)34(50)32(48)21(3)55-41/h8,19-22,24-43,47-54H,7,9-18H2,1-6H3. The summed E-state index contributed by atoms with van der Waals surface area (Å²) in [6, 6.07) is 1.49. The molecule has 3 saturated carbocycles. The Balaban J connectivity index is 0.852. The van der Waals surface area contributed by atoms with Gasteiger partial charge in [0, 0.05) is 18.6 Å². The fourth-order valence-corrected chi connectivity index (χ4v) is 14.7. The third kappa shape index (κ3) is 7.11. The Labute approximate surface area is 354 Å². The van der Waals surface area contributed by atoms with E-state index in [0.29, 0.717) is 23.7 Å². The smallest absolute Gasteiger partial charge is 0.187 e. The number of fused-ring (bicyclic) bond motifs is 9. The molecule has 60 heavy (non-hydrogen) atoms. The fourth-order valence-electron chi connectivity index (χ4n) is 14.7. The van der Waals surface area contributed by atoms with Crippen LogP contribution >= 0.6 is 0 Å². The summed E-state index contributed by atoms with van der Waals surface area (Å²) >= 11 is 0. The summed E-state index contributed by atoms with van der Waals surface area (Å²) in [7, 11) is 0. The van der Waals surface area contributed by atoms with E-state index in [1.807, 2.05) is 0 Å². The molecule has 5 heterocycles. The van der Waals surface area contributed by atoms with Gasteiger partial charge in [0.25, 0.3) is 0 Å². The average molecular weight is 852 g/mol. The maximum absolute atomic E-state index is 11.5. The molecule has 8 fully saturated rings. The third-order valence-corrected chi connectivity index (χ3v) is 18.0. The summed E-state index contributed by atoms with van der Waals surface area (Å²) in [4.78, 5) is 2.95. The molecular formula is C45H73NO14. The van der Waals surface area contributed by atoms with Crippen LogP contribution in [0.15, 0.2) is 11.6 Å². The molecule has 4 aliphatic carbocycles. The van der Waals surface area contributed by atoms with Gasteiger partial charge in [-0.2, -0.15) is 0 Å². The van der Waals surface area contributed by atoms with Gasteiger partial charge < -0.3 is 69.3 Å². The number of piperidine rings is 1. The normalized spacial score (nSPS) is 58.1. The van der Waals surface area contributed by atoms with E-state index in [0.717, 1.165) is 55.0 Å². The van der Waals surface area contributed by atoms with Crippen LogP contribution < -0.4 is 0 Å². The molecule has 5 aliphatic heterocycles. The first kappa shape index (κ1) is 44.3. The Morgan fingerprint density at radius 2 is 1.33 bits per heavy atom. The van der Waals surface area contributed by atoms with Crippen molar-refractivity contribution in [2.24, 2.45) is 46.3 Å². The lowest BCUT2D eigenvalue weighted by atomic mass is 9.47. The zero-order chi connectivity index (χ0) is 42.7. The van der Waals surface area contributed by atoms with E-state index in [1.54, 1.807) is 0 Å². The van der Waals surface area contributed by atoms with Crippen LogP contribution in [0.5, 0.6) is 0 Å². The molecule has 5 saturated heterocycles. The molecule has 342 valence electrons. The van der Waals surface area contributed by atoms with Gasteiger partial charge in [-0.1, -0.05) is 39.3 Å². The van der Waals surface area contributed by atoms with E-state index in [4.69, 9.17) is 28.4 Å². The van der Waals surface area contributed by atoms with Gasteiger partial charge in [0.05, 0.1) is 24.9 Å². The summed E-state index contributed by atoms with van der Waals surface area (Å²) in [6.45, 7) is 13.7. The second kappa shape index (κ2) is 16.5. The van der Waals surface area contributed by atoms with Crippen molar-refractivity contribution in [3.05, 3.63) is 11.6 Å². The SMILES string of the molecule is CC1CCC2C(C)C3C(CC4C5CC=C6CC(OC7OC(CO)C(OC8OC(C)C(O)C(O)C8OC8OC(C)C(O)C(O)C8O)C(O)C7O)CCC6(C)C5CCC43C)N2C1. The minimum Gasteiger partial charge on any atom is -0.394 e. The lowest BCUT2D eigenvalue weighted by molar-refractivity contribution is -0.386. The van der Waals surface area contributed by atoms with Gasteiger partial charge >= 0.3 is 0 Å². The number of hydrogen-bond acceptors (Lipinski definition) is 15. The lowest BCUT2D eigenvalue weighted by Gasteiger charge is -2.58. The maximum atomic E-state index is 11.5. The van der Waals surface area contributed by atoms with Gasteiger partial charge in [0.2, 0.25) is 0 Å². The molecule has 15 nitrogen and oxygen atoms in total. The zero-order valence-electron chi connectivity index (χ0n) is 36.2. The van der Waals surface area contributed by atoms with Crippen LogP contribution in [-0.2, 0) is 28.4 Å². The van der Waals surface area contributed by atoms with Crippen LogP contribution in [0.1, 0.15) is 99.3 Å². The van der Waals surface area contributed by atoms with Crippen LogP contribution in [0.3, 0.4) is 0 Å². The van der Waals surface area contributed by atoms with E-state index in [2.05, 4.69) is 38.7 Å². The van der Waals surface area contributed by atoms with Gasteiger partial charge in [0.15, 0.2) is 18.9 Å². The van der Waals surface area contributed by atoms with Crippen molar-refractivity contribution in [1.82, 2.24) is 4.90 Å². The Kier molecular flexibility index (Phi) is 12.2. The van der Waals surface area contributed by atoms with Crippen molar-refractivity contribution < 1.29 is 69.3 Å². The molecule has 9 aliphatic rings. The van der Waals surface area contributed by atoms with Gasteiger partial charge in [-0.3, -0.25) is 4.90 Å². The average Bonchev–Trinajstić information content (AvgIpc) is 3.69. The van der Waals surface area contributed by atoms with Crippen LogP contribution in [-0.4, -0.2) is 169 Å². The molecule has 0 bridgehead atoms. The van der Waals surface area contributed by atoms with Crippen LogP contribution in [0, 0.1) is 46.3 Å². The van der Waals surface area contributed by atoms with Gasteiger partial charge in [-0.05, 0) is 118 Å². The lowest BCUT2D eigenvalue weighted by Crippen LogP contribution is -2.66. The van der Waals surface area contributed by atoms with Crippen molar-refractivity contribution >= 4 is 0 Å². The molecule has 0 aromatic rings. The summed E-state index contributed by atoms with van der Waals surface area (Å²) < 4.78 is 36.0. The first-order valence-corrected chi connectivity index (χ1v) is 23.2. The number of rotatable bonds is 7. The second-order valence-corrected chi connectivity index (χ2v) is 21.2. The van der Waals surface area contributed by atoms with Gasteiger partial charge in [-0.15, -0.1) is 0 Å². The number of nitrogens with zero attached hydrogens (tertiary/aromatic N) is 1. The van der Waals surface area contributed by atoms with Crippen molar-refractivity contribution in [2.45, 2.75) is 210 Å². The largest absolute Gasteiger partial charge is 0.394 e. The minimum atomic E-state index is -1.72. The first-order chi connectivity index (χ1) is 28.5. The van der Waals surface area contributed by atoms with E-state index < -0.39 is 98.7 Å². The molecule has 0 radical (unpaired) electrons. The zero-order valence-corrected chi connectivity index (χ0v) is 36.2. The molecule has 8 N–H and O–H groups in total. The second-order valence-electron chi connectivity index (χ2n) is 21.2. The molecule has 9 rings (SSSR count). The van der Waals surface area contributed by atoms with Gasteiger partial charge in [0.1, 0.15) is 61.0 Å². The highest BCUT2D eigenvalue weighted by molar-refractivity contribution is 5.27. The van der Waals surface area contributed by atoms with Gasteiger partial charge in [-0.25, -0.2) is 0 Å². The molecular weight excluding hydrogens is 778 g/mol. The number of aliphatic hydroxyl groups is 8. The quantitative estimate of drug-likeness (QED) is 0.169. The molecule has 15 heteroatoms. The predicted molar refractivity (Wildman–Crippen MR) is 214 cm³/mol. The highest BCUT2D eigenvalue weighted by Gasteiger charge is 2.66. The minimum absolute atomic E-state index is 0.0796. The topological polar surface area (TPSA) is 220 Å². The van der Waals surface area contributed by atoms with Crippen molar-refractivity contribution in [2.75, 3.05) is 13.2 Å². The number of allylic oxidation sites excluding steroid dienone is 1. The summed E-state index contributed by atoms with van der Waals surface area (Å²) in [6.07, 6.45) is -9.05. The monoisotopic (exact) mass is 852 g/mol. The van der Waals surface area contributed by atoms with Crippen LogP contribution in [0.4, 0.5) is 0 Å². The number of ether oxygens (including phenoxy) is 6. The summed E-state index contributed by atoms with van der Waals surface area (Å²) in [5, 5.41) is 86.3. The van der Waals surface area contributed by atoms with Crippen molar-refractivity contribution in [3.8, 4) is 0 Å².